The van der Waals surface area contributed by atoms with Crippen molar-refractivity contribution in [3.8, 4) is 17.4 Å². The van der Waals surface area contributed by atoms with Crippen LogP contribution in [-0.2, 0) is 22.4 Å². The van der Waals surface area contributed by atoms with Crippen LogP contribution in [0.3, 0.4) is 0 Å². The molecule has 1 saturated carbocycles. The number of nitrogens with one attached hydrogen (secondary N) is 1. The maximum atomic E-state index is 12.8. The molecule has 3 aliphatic rings. The van der Waals surface area contributed by atoms with Crippen molar-refractivity contribution in [3.63, 3.8) is 0 Å². The highest BCUT2D eigenvalue weighted by Gasteiger charge is 2.48. The second-order valence-corrected chi connectivity index (χ2v) is 12.8. The minimum Gasteiger partial charge on any atom is -0.470 e. The van der Waals surface area contributed by atoms with E-state index in [1.54, 1.807) is 6.92 Å². The molecule has 0 unspecified atom stereocenters. The van der Waals surface area contributed by atoms with Crippen molar-refractivity contribution < 1.29 is 34.2 Å². The molecule has 9 heteroatoms. The van der Waals surface area contributed by atoms with Crippen molar-refractivity contribution >= 4 is 5.91 Å². The number of fused-ring (bicyclic) bond motifs is 2. The van der Waals surface area contributed by atoms with Crippen molar-refractivity contribution in [1.29, 1.82) is 0 Å². The normalized spacial score (nSPS) is 21.1. The van der Waals surface area contributed by atoms with E-state index in [1.165, 1.54) is 12.7 Å². The van der Waals surface area contributed by atoms with Gasteiger partial charge in [-0.15, -0.1) is 0 Å². The van der Waals surface area contributed by atoms with Crippen LogP contribution in [0.2, 0.25) is 0 Å². The average molecular weight is 555 g/mol. The smallest absolute Gasteiger partial charge is 0.249 e. The van der Waals surface area contributed by atoms with Gasteiger partial charge in [0.1, 0.15) is 30.4 Å². The Kier molecular flexibility index (Phi) is 8.27. The summed E-state index contributed by atoms with van der Waals surface area (Å²) in [4.78, 5) is 17.5. The Morgan fingerprint density at radius 2 is 2.00 bits per heavy atom. The summed E-state index contributed by atoms with van der Waals surface area (Å²) in [6, 6.07) is 7.57. The third-order valence-corrected chi connectivity index (χ3v) is 8.31. The van der Waals surface area contributed by atoms with Gasteiger partial charge >= 0.3 is 0 Å². The minimum absolute atomic E-state index is 0.117. The largest absolute Gasteiger partial charge is 0.470 e. The van der Waals surface area contributed by atoms with Gasteiger partial charge in [0, 0.05) is 19.7 Å². The van der Waals surface area contributed by atoms with E-state index in [-0.39, 0.29) is 29.8 Å². The molecular formula is C31H44N3O6+. The summed E-state index contributed by atoms with van der Waals surface area (Å²) in [6.45, 7) is 9.00. The van der Waals surface area contributed by atoms with Gasteiger partial charge in [-0.25, -0.2) is 4.98 Å². The van der Waals surface area contributed by atoms with Crippen LogP contribution in [0.25, 0.3) is 0 Å². The molecule has 1 aromatic heterocycles. The number of aliphatic hydroxyl groups is 1. The minimum atomic E-state index is -0.798. The number of amides is 1. The van der Waals surface area contributed by atoms with Crippen molar-refractivity contribution in [3.05, 3.63) is 47.2 Å². The molecule has 1 fully saturated rings. The molecule has 40 heavy (non-hydrogen) atoms. The van der Waals surface area contributed by atoms with Crippen molar-refractivity contribution in [2.24, 2.45) is 5.41 Å². The summed E-state index contributed by atoms with van der Waals surface area (Å²) in [5, 5.41) is 16.7. The van der Waals surface area contributed by atoms with Crippen LogP contribution in [0, 0.1) is 5.41 Å². The number of hydrogen-bond donors (Lipinski definition) is 3. The summed E-state index contributed by atoms with van der Waals surface area (Å²) < 4.78 is 22.6. The Morgan fingerprint density at radius 3 is 2.70 bits per heavy atom. The molecular weight excluding hydrogens is 510 g/mol. The molecule has 2 aromatic rings. The average Bonchev–Trinajstić information content (AvgIpc) is 3.36. The molecule has 1 amide bonds. The number of rotatable bonds is 10. The van der Waals surface area contributed by atoms with Crippen LogP contribution in [0.5, 0.6) is 17.4 Å². The van der Waals surface area contributed by atoms with E-state index in [1.807, 2.05) is 24.4 Å². The Morgan fingerprint density at radius 1 is 1.23 bits per heavy atom. The molecule has 4 atom stereocenters. The number of nitrogens with two attached hydrogens (primary N) is 1. The molecule has 4 N–H and O–H groups in total. The SMILES string of the molecule is CO[C@H](C)C(=O)N[C@@H](Cc1ccc2c(c1)OCO2)[C@H](O)C[NH2+][C@H]1CC2(CCC2)Oc2ncc(CC(C)(C)C)cc21. The number of ether oxygens (including phenoxy) is 4. The molecule has 1 spiro atoms. The Balaban J connectivity index is 1.33. The lowest BCUT2D eigenvalue weighted by Crippen LogP contribution is -2.89. The van der Waals surface area contributed by atoms with E-state index in [2.05, 4.69) is 37.5 Å². The number of nitrogens with zero attached hydrogens (tertiary/aromatic N) is 1. The lowest BCUT2D eigenvalue weighted by Gasteiger charge is -2.46. The number of pyridine rings is 1. The Bertz CT molecular complexity index is 1210. The summed E-state index contributed by atoms with van der Waals surface area (Å²) in [5.74, 6) is 1.84. The lowest BCUT2D eigenvalue weighted by atomic mass is 9.73. The van der Waals surface area contributed by atoms with Crippen LogP contribution < -0.4 is 24.8 Å². The molecule has 0 bridgehead atoms. The molecule has 3 heterocycles. The predicted octanol–water partition coefficient (Wildman–Crippen LogP) is 2.83. The fourth-order valence-corrected chi connectivity index (χ4v) is 5.90. The summed E-state index contributed by atoms with van der Waals surface area (Å²) >= 11 is 0. The van der Waals surface area contributed by atoms with Gasteiger partial charge in [0.05, 0.1) is 11.6 Å². The Hall–Kier alpha value is -2.88. The maximum Gasteiger partial charge on any atom is 0.249 e. The topological polar surface area (TPSA) is 116 Å². The third-order valence-electron chi connectivity index (χ3n) is 8.31. The number of hydrogen-bond acceptors (Lipinski definition) is 7. The first-order chi connectivity index (χ1) is 19.0. The third kappa shape index (κ3) is 6.53. The molecule has 0 radical (unpaired) electrons. The monoisotopic (exact) mass is 554 g/mol. The number of quaternary nitrogens is 1. The van der Waals surface area contributed by atoms with Gasteiger partial charge in [-0.1, -0.05) is 26.8 Å². The number of aromatic nitrogens is 1. The lowest BCUT2D eigenvalue weighted by molar-refractivity contribution is -0.705. The fourth-order valence-electron chi connectivity index (χ4n) is 5.90. The van der Waals surface area contributed by atoms with Crippen molar-refractivity contribution in [2.45, 2.75) is 96.1 Å². The van der Waals surface area contributed by atoms with Crippen molar-refractivity contribution in [2.75, 3.05) is 20.4 Å². The zero-order chi connectivity index (χ0) is 28.5. The molecule has 1 aromatic carbocycles. The van der Waals surface area contributed by atoms with Crippen LogP contribution in [0.1, 0.15) is 76.1 Å². The van der Waals surface area contributed by atoms with E-state index >= 15 is 0 Å². The van der Waals surface area contributed by atoms with E-state index in [0.29, 0.717) is 24.5 Å². The highest BCUT2D eigenvalue weighted by molar-refractivity contribution is 5.80. The van der Waals surface area contributed by atoms with E-state index in [9.17, 15) is 9.90 Å². The maximum absolute atomic E-state index is 12.8. The summed E-state index contributed by atoms with van der Waals surface area (Å²) in [7, 11) is 1.50. The fraction of sp³-hybridized carbons (Fsp3) is 0.613. The number of carbonyl (C=O) groups excluding carboxylic acids is 1. The van der Waals surface area contributed by atoms with Gasteiger partial charge < -0.3 is 34.7 Å². The first kappa shape index (κ1) is 28.6. The van der Waals surface area contributed by atoms with Gasteiger partial charge in [-0.05, 0) is 73.8 Å². The first-order valence-corrected chi connectivity index (χ1v) is 14.5. The van der Waals surface area contributed by atoms with E-state index in [0.717, 1.165) is 49.1 Å². The number of benzene rings is 1. The highest BCUT2D eigenvalue weighted by Crippen LogP contribution is 2.47. The van der Waals surface area contributed by atoms with Crippen LogP contribution >= 0.6 is 0 Å². The van der Waals surface area contributed by atoms with Crippen LogP contribution in [-0.4, -0.2) is 60.3 Å². The summed E-state index contributed by atoms with van der Waals surface area (Å²) in [5.41, 5.74) is 3.22. The molecule has 1 aliphatic carbocycles. The molecule has 9 nitrogen and oxygen atoms in total. The van der Waals surface area contributed by atoms with Gasteiger partial charge in [0.15, 0.2) is 11.5 Å². The second-order valence-electron chi connectivity index (χ2n) is 12.8. The molecule has 5 rings (SSSR count). The van der Waals surface area contributed by atoms with Crippen LogP contribution in [0.15, 0.2) is 30.5 Å². The molecule has 0 saturated heterocycles. The molecule has 218 valence electrons. The van der Waals surface area contributed by atoms with Gasteiger partial charge in [0.2, 0.25) is 18.6 Å². The standard InChI is InChI=1S/C31H43N3O6/c1-19(37-5)28(36)34-23(12-20-7-8-26-27(13-20)39-18-38-26)25(35)17-32-24-15-31(9-6-10-31)40-29-22(24)11-21(16-33-29)14-30(2,3)4/h7-8,11,13,16,19,23-25,32,35H,6,9-10,12,14-15,17-18H2,1-5H3,(H,34,36)/p+1/t19-,23+,24+,25-/m1/s1. The summed E-state index contributed by atoms with van der Waals surface area (Å²) in [6.07, 6.45) is 6.00. The van der Waals surface area contributed by atoms with E-state index in [4.69, 9.17) is 23.9 Å². The van der Waals surface area contributed by atoms with Crippen molar-refractivity contribution in [1.82, 2.24) is 10.3 Å². The first-order valence-electron chi connectivity index (χ1n) is 14.5. The predicted molar refractivity (Wildman–Crippen MR) is 149 cm³/mol. The molecule has 2 aliphatic heterocycles. The zero-order valence-electron chi connectivity index (χ0n) is 24.4. The van der Waals surface area contributed by atoms with E-state index < -0.39 is 18.2 Å². The number of aliphatic hydroxyl groups excluding tert-OH is 1. The highest BCUT2D eigenvalue weighted by atomic mass is 16.7. The van der Waals surface area contributed by atoms with Gasteiger partial charge in [-0.3, -0.25) is 4.79 Å². The second kappa shape index (κ2) is 11.5. The number of carbonyl (C=O) groups is 1. The zero-order valence-corrected chi connectivity index (χ0v) is 24.4. The Labute approximate surface area is 236 Å². The number of methoxy groups -OCH3 is 1. The van der Waals surface area contributed by atoms with Crippen LogP contribution in [0.4, 0.5) is 0 Å². The van der Waals surface area contributed by atoms with Gasteiger partial charge in [0.25, 0.3) is 0 Å². The van der Waals surface area contributed by atoms with Gasteiger partial charge in [-0.2, -0.15) is 0 Å². The quantitative estimate of drug-likeness (QED) is 0.414.